The van der Waals surface area contributed by atoms with E-state index in [0.717, 1.165) is 54.3 Å². The molecule has 2 amide bonds. The number of amides is 2. The molecule has 2 N–H and O–H groups in total. The topological polar surface area (TPSA) is 72.3 Å². The third-order valence-corrected chi connectivity index (χ3v) is 5.49. The van der Waals surface area contributed by atoms with Gasteiger partial charge in [-0.1, -0.05) is 6.07 Å². The van der Waals surface area contributed by atoms with Crippen LogP contribution in [0.15, 0.2) is 18.2 Å². The number of carbonyl (C=O) groups excluding carboxylic acids is 2. The van der Waals surface area contributed by atoms with E-state index in [1.165, 1.54) is 0 Å². The summed E-state index contributed by atoms with van der Waals surface area (Å²) in [6.07, 6.45) is 2.80. The van der Waals surface area contributed by atoms with Crippen LogP contribution in [0.1, 0.15) is 51.6 Å². The van der Waals surface area contributed by atoms with Gasteiger partial charge < -0.3 is 24.6 Å². The summed E-state index contributed by atoms with van der Waals surface area (Å²) in [5, 5.41) is 2.91. The first-order valence-electron chi connectivity index (χ1n) is 10.8. The number of nitrogens with zero attached hydrogens (tertiary/aromatic N) is 1. The molecule has 1 aromatic carbocycles. The smallest absolute Gasteiger partial charge is 0.278 e. The van der Waals surface area contributed by atoms with Crippen LogP contribution in [-0.4, -0.2) is 62.1 Å². The van der Waals surface area contributed by atoms with Crippen molar-refractivity contribution in [2.75, 3.05) is 39.4 Å². The lowest BCUT2D eigenvalue weighted by molar-refractivity contribution is -0.882. The number of rotatable bonds is 7. The Balaban J connectivity index is 1.66. The lowest BCUT2D eigenvalue weighted by Gasteiger charge is -2.27. The minimum absolute atomic E-state index is 0.00877. The number of hydrogen-bond donors (Lipinski definition) is 2. The van der Waals surface area contributed by atoms with Gasteiger partial charge in [0.05, 0.1) is 25.8 Å². The van der Waals surface area contributed by atoms with E-state index in [0.29, 0.717) is 26.3 Å². The quantitative estimate of drug-likeness (QED) is 0.710. The Hall–Kier alpha value is -2.28. The summed E-state index contributed by atoms with van der Waals surface area (Å²) in [5.74, 6) is 1.64. The summed E-state index contributed by atoms with van der Waals surface area (Å²) in [6, 6.07) is 6.19. The minimum Gasteiger partial charge on any atom is -0.490 e. The number of fused-ring (bicyclic) bond motifs is 1. The van der Waals surface area contributed by atoms with Crippen LogP contribution in [0.2, 0.25) is 0 Å². The van der Waals surface area contributed by atoms with Gasteiger partial charge in [0.15, 0.2) is 24.6 Å². The molecule has 0 bridgehead atoms. The van der Waals surface area contributed by atoms with Crippen molar-refractivity contribution >= 4 is 11.8 Å². The van der Waals surface area contributed by atoms with E-state index in [2.05, 4.69) is 5.32 Å². The Labute approximate surface area is 173 Å². The van der Waals surface area contributed by atoms with Gasteiger partial charge in [0.2, 0.25) is 0 Å². The molecule has 7 heteroatoms. The molecule has 2 heterocycles. The van der Waals surface area contributed by atoms with Crippen LogP contribution >= 0.6 is 0 Å². The fourth-order valence-corrected chi connectivity index (χ4v) is 4.03. The first-order chi connectivity index (χ1) is 14.0. The molecule has 0 radical (unpaired) electrons. The number of likely N-dealkylation sites (tertiary alicyclic amines) is 1. The first-order valence-corrected chi connectivity index (χ1v) is 10.8. The van der Waals surface area contributed by atoms with Crippen molar-refractivity contribution in [1.82, 2.24) is 10.2 Å². The Morgan fingerprint density at radius 1 is 1.17 bits per heavy atom. The molecule has 7 nitrogen and oxygen atoms in total. The van der Waals surface area contributed by atoms with E-state index in [4.69, 9.17) is 9.47 Å². The zero-order chi connectivity index (χ0) is 20.8. The molecule has 1 aromatic rings. The SMILES string of the molecule is CC[NH+](CC(=O)NC(C)C)CC(=O)N1CCC[C@H]1c1ccc2c(c1)OCCCO2. The average molecular weight is 405 g/mol. The summed E-state index contributed by atoms with van der Waals surface area (Å²) in [5.41, 5.74) is 1.09. The van der Waals surface area contributed by atoms with Crippen molar-refractivity contribution < 1.29 is 24.0 Å². The molecule has 0 saturated carbocycles. The van der Waals surface area contributed by atoms with Crippen LogP contribution in [0.5, 0.6) is 11.5 Å². The number of likely N-dealkylation sites (N-methyl/N-ethyl adjacent to an activating group) is 1. The van der Waals surface area contributed by atoms with Crippen molar-refractivity contribution in [1.29, 1.82) is 0 Å². The lowest BCUT2D eigenvalue weighted by Crippen LogP contribution is -3.14. The van der Waals surface area contributed by atoms with E-state index in [9.17, 15) is 9.59 Å². The third kappa shape index (κ3) is 5.63. The number of benzene rings is 1. The van der Waals surface area contributed by atoms with E-state index in [-0.39, 0.29) is 23.9 Å². The van der Waals surface area contributed by atoms with Gasteiger partial charge in [-0.3, -0.25) is 9.59 Å². The van der Waals surface area contributed by atoms with Gasteiger partial charge in [-0.2, -0.15) is 0 Å². The molecule has 29 heavy (non-hydrogen) atoms. The largest absolute Gasteiger partial charge is 0.490 e. The van der Waals surface area contributed by atoms with Crippen molar-refractivity contribution in [3.05, 3.63) is 23.8 Å². The van der Waals surface area contributed by atoms with Crippen LogP contribution in [0.25, 0.3) is 0 Å². The summed E-state index contributed by atoms with van der Waals surface area (Å²) in [4.78, 5) is 28.1. The Morgan fingerprint density at radius 3 is 2.66 bits per heavy atom. The van der Waals surface area contributed by atoms with E-state index < -0.39 is 0 Å². The van der Waals surface area contributed by atoms with Gasteiger partial charge in [0.1, 0.15) is 0 Å². The lowest BCUT2D eigenvalue weighted by atomic mass is 10.0. The van der Waals surface area contributed by atoms with E-state index in [1.807, 2.05) is 43.9 Å². The van der Waals surface area contributed by atoms with Gasteiger partial charge in [-0.15, -0.1) is 0 Å². The van der Waals surface area contributed by atoms with Crippen LogP contribution in [-0.2, 0) is 9.59 Å². The maximum Gasteiger partial charge on any atom is 0.278 e. The molecule has 1 saturated heterocycles. The zero-order valence-corrected chi connectivity index (χ0v) is 17.8. The van der Waals surface area contributed by atoms with Crippen LogP contribution < -0.4 is 19.7 Å². The number of carbonyl (C=O) groups is 2. The van der Waals surface area contributed by atoms with Crippen LogP contribution in [0.4, 0.5) is 0 Å². The van der Waals surface area contributed by atoms with Gasteiger partial charge in [0, 0.05) is 19.0 Å². The fourth-order valence-electron chi connectivity index (χ4n) is 4.03. The summed E-state index contributed by atoms with van der Waals surface area (Å²) < 4.78 is 11.5. The second kappa shape index (κ2) is 9.96. The first kappa shape index (κ1) is 21.4. The van der Waals surface area contributed by atoms with E-state index >= 15 is 0 Å². The highest BCUT2D eigenvalue weighted by Crippen LogP contribution is 2.37. The average Bonchev–Trinajstić information content (AvgIpc) is 3.05. The maximum absolute atomic E-state index is 13.1. The maximum atomic E-state index is 13.1. The Bertz CT molecular complexity index is 722. The normalized spacial score (nSPS) is 19.7. The summed E-state index contributed by atoms with van der Waals surface area (Å²) in [7, 11) is 0. The third-order valence-electron chi connectivity index (χ3n) is 5.49. The molecule has 2 atom stereocenters. The van der Waals surface area contributed by atoms with E-state index in [1.54, 1.807) is 0 Å². The summed E-state index contributed by atoms with van der Waals surface area (Å²) in [6.45, 7) is 9.37. The van der Waals surface area contributed by atoms with Gasteiger partial charge >= 0.3 is 0 Å². The van der Waals surface area contributed by atoms with Crippen molar-refractivity contribution in [2.45, 2.75) is 52.1 Å². The molecule has 0 aliphatic carbocycles. The summed E-state index contributed by atoms with van der Waals surface area (Å²) >= 11 is 0. The monoisotopic (exact) mass is 404 g/mol. The number of nitrogens with one attached hydrogen (secondary N) is 2. The van der Waals surface area contributed by atoms with Crippen LogP contribution in [0, 0.1) is 0 Å². The fraction of sp³-hybridized carbons (Fsp3) is 0.636. The molecule has 160 valence electrons. The molecule has 0 spiro atoms. The number of hydrogen-bond acceptors (Lipinski definition) is 4. The van der Waals surface area contributed by atoms with Crippen molar-refractivity contribution in [3.8, 4) is 11.5 Å². The number of quaternary nitrogens is 1. The highest BCUT2D eigenvalue weighted by Gasteiger charge is 2.32. The molecule has 1 unspecified atom stereocenters. The molecule has 3 rings (SSSR count). The molecule has 2 aliphatic heterocycles. The predicted molar refractivity (Wildman–Crippen MR) is 110 cm³/mol. The highest BCUT2D eigenvalue weighted by atomic mass is 16.5. The second-order valence-corrected chi connectivity index (χ2v) is 8.18. The van der Waals surface area contributed by atoms with Crippen molar-refractivity contribution in [3.63, 3.8) is 0 Å². The molecule has 1 fully saturated rings. The standard InChI is InChI=1S/C22H33N3O4/c1-4-24(14-21(26)23-16(2)3)15-22(27)25-10-5-7-18(25)17-8-9-19-20(13-17)29-12-6-11-28-19/h8-9,13,16,18H,4-7,10-12,14-15H2,1-3H3,(H,23,26)/p+1/t18-/m0/s1. The van der Waals surface area contributed by atoms with Crippen molar-refractivity contribution in [2.24, 2.45) is 0 Å². The van der Waals surface area contributed by atoms with Crippen LogP contribution in [0.3, 0.4) is 0 Å². The zero-order valence-electron chi connectivity index (χ0n) is 17.8. The highest BCUT2D eigenvalue weighted by molar-refractivity contribution is 5.79. The van der Waals surface area contributed by atoms with Gasteiger partial charge in [-0.05, 0) is 51.3 Å². The van der Waals surface area contributed by atoms with Gasteiger partial charge in [0.25, 0.3) is 11.8 Å². The molecular formula is C22H34N3O4+. The second-order valence-electron chi connectivity index (χ2n) is 8.18. The molecular weight excluding hydrogens is 370 g/mol. The predicted octanol–water partition coefficient (Wildman–Crippen LogP) is 0.941. The Morgan fingerprint density at radius 2 is 1.93 bits per heavy atom. The number of ether oxygens (including phenoxy) is 2. The Kier molecular flexibility index (Phi) is 7.36. The molecule has 2 aliphatic rings. The minimum atomic E-state index is -0.00877. The molecule has 0 aromatic heterocycles. The van der Waals surface area contributed by atoms with Gasteiger partial charge in [-0.25, -0.2) is 0 Å².